The molecule has 8 rings (SSSR count). The highest BCUT2D eigenvalue weighted by atomic mass is 16.3. The van der Waals surface area contributed by atoms with Crippen molar-refractivity contribution in [3.05, 3.63) is 128 Å². The highest BCUT2D eigenvalue weighted by Crippen LogP contribution is 2.37. The highest BCUT2D eigenvalue weighted by Gasteiger charge is 2.17. The van der Waals surface area contributed by atoms with Crippen molar-refractivity contribution in [1.29, 1.82) is 0 Å². The quantitative estimate of drug-likeness (QED) is 0.241. The van der Waals surface area contributed by atoms with Crippen molar-refractivity contribution in [3.8, 4) is 39.5 Å². The van der Waals surface area contributed by atoms with Crippen LogP contribution in [0.5, 0.6) is 0 Å². The van der Waals surface area contributed by atoms with E-state index in [2.05, 4.69) is 70.2 Å². The maximum atomic E-state index is 6.13. The van der Waals surface area contributed by atoms with Crippen molar-refractivity contribution in [3.63, 3.8) is 0 Å². The predicted octanol–water partition coefficient (Wildman–Crippen LogP) is 8.91. The lowest BCUT2D eigenvalue weighted by Crippen LogP contribution is -1.96. The van der Waals surface area contributed by atoms with Crippen LogP contribution in [0.1, 0.15) is 0 Å². The van der Waals surface area contributed by atoms with E-state index >= 15 is 0 Å². The molecule has 0 saturated heterocycles. The summed E-state index contributed by atoms with van der Waals surface area (Å²) < 4.78 is 13.9. The van der Waals surface area contributed by atoms with Crippen LogP contribution in [0, 0.1) is 0 Å². The molecule has 0 N–H and O–H groups in total. The summed E-state index contributed by atoms with van der Waals surface area (Å²) in [6, 6.07) is 37.3. The molecule has 0 atom stereocenters. The number of benzene rings is 4. The average molecular weight is 504 g/mol. The van der Waals surface area contributed by atoms with E-state index in [1.165, 1.54) is 10.8 Å². The van der Waals surface area contributed by atoms with E-state index in [0.29, 0.717) is 5.89 Å². The monoisotopic (exact) mass is 503 g/mol. The third-order valence-electron chi connectivity index (χ3n) is 7.21. The summed E-state index contributed by atoms with van der Waals surface area (Å²) in [5, 5.41) is 2.35. The van der Waals surface area contributed by atoms with Gasteiger partial charge in [0, 0.05) is 39.3 Å². The summed E-state index contributed by atoms with van der Waals surface area (Å²) >= 11 is 0. The molecule has 5 nitrogen and oxygen atoms in total. The van der Waals surface area contributed by atoms with Gasteiger partial charge in [-0.25, -0.2) is 4.98 Å². The van der Waals surface area contributed by atoms with Crippen LogP contribution in [0.3, 0.4) is 0 Å². The number of hydrogen-bond acceptors (Lipinski definition) is 4. The first-order valence-corrected chi connectivity index (χ1v) is 12.8. The first-order chi connectivity index (χ1) is 19.3. The van der Waals surface area contributed by atoms with E-state index in [4.69, 9.17) is 13.8 Å². The summed E-state index contributed by atoms with van der Waals surface area (Å²) in [7, 11) is 0. The molecule has 4 heterocycles. The summed E-state index contributed by atoms with van der Waals surface area (Å²) in [4.78, 5) is 9.39. The Morgan fingerprint density at radius 1 is 0.615 bits per heavy atom. The number of oxazole rings is 1. The lowest BCUT2D eigenvalue weighted by atomic mass is 10.0. The third-order valence-corrected chi connectivity index (χ3v) is 7.21. The van der Waals surface area contributed by atoms with Crippen LogP contribution in [0.15, 0.2) is 137 Å². The number of para-hydroxylation sites is 3. The Bertz CT molecular complexity index is 2090. The number of rotatable bonds is 4. The van der Waals surface area contributed by atoms with Gasteiger partial charge in [0.15, 0.2) is 5.58 Å². The van der Waals surface area contributed by atoms with Gasteiger partial charge in [0.2, 0.25) is 5.89 Å². The van der Waals surface area contributed by atoms with Crippen LogP contribution in [0.25, 0.3) is 72.4 Å². The molecule has 39 heavy (non-hydrogen) atoms. The van der Waals surface area contributed by atoms with E-state index in [1.807, 2.05) is 54.7 Å². The molecule has 0 fully saturated rings. The smallest absolute Gasteiger partial charge is 0.227 e. The first-order valence-electron chi connectivity index (χ1n) is 12.8. The van der Waals surface area contributed by atoms with Crippen molar-refractivity contribution in [1.82, 2.24) is 14.5 Å². The van der Waals surface area contributed by atoms with Gasteiger partial charge in [-0.1, -0.05) is 42.5 Å². The molecule has 0 saturated carbocycles. The van der Waals surface area contributed by atoms with Gasteiger partial charge < -0.3 is 13.4 Å². The summed E-state index contributed by atoms with van der Waals surface area (Å²) in [6.07, 6.45) is 5.31. The zero-order chi connectivity index (χ0) is 25.8. The molecular formula is C34H21N3O2. The Labute approximate surface area is 223 Å². The fourth-order valence-corrected chi connectivity index (χ4v) is 5.39. The van der Waals surface area contributed by atoms with Gasteiger partial charge in [0.25, 0.3) is 0 Å². The van der Waals surface area contributed by atoms with Crippen LogP contribution in [0.2, 0.25) is 0 Å². The molecule has 0 spiro atoms. The maximum Gasteiger partial charge on any atom is 0.227 e. The van der Waals surface area contributed by atoms with Crippen molar-refractivity contribution in [2.24, 2.45) is 0 Å². The molecule has 0 bridgehead atoms. The minimum Gasteiger partial charge on any atom is -0.472 e. The molecule has 4 aromatic heterocycles. The van der Waals surface area contributed by atoms with Crippen molar-refractivity contribution < 1.29 is 8.83 Å². The van der Waals surface area contributed by atoms with Gasteiger partial charge in [0.05, 0.1) is 29.3 Å². The number of nitrogens with zero attached hydrogens (tertiary/aromatic N) is 3. The Balaban J connectivity index is 1.41. The zero-order valence-electron chi connectivity index (χ0n) is 20.8. The third kappa shape index (κ3) is 3.55. The van der Waals surface area contributed by atoms with Gasteiger partial charge in [-0.15, -0.1) is 0 Å². The van der Waals surface area contributed by atoms with Gasteiger partial charge in [-0.3, -0.25) is 4.98 Å². The number of pyridine rings is 1. The van der Waals surface area contributed by atoms with E-state index in [1.54, 1.807) is 12.5 Å². The van der Waals surface area contributed by atoms with Gasteiger partial charge >= 0.3 is 0 Å². The van der Waals surface area contributed by atoms with E-state index in [9.17, 15) is 0 Å². The molecule has 5 heteroatoms. The number of fused-ring (bicyclic) bond motifs is 4. The van der Waals surface area contributed by atoms with Crippen LogP contribution in [-0.4, -0.2) is 14.5 Å². The van der Waals surface area contributed by atoms with E-state index < -0.39 is 0 Å². The average Bonchev–Trinajstić information content (AvgIpc) is 3.75. The topological polar surface area (TPSA) is 57.0 Å². The number of hydrogen-bond donors (Lipinski definition) is 0. The lowest BCUT2D eigenvalue weighted by molar-refractivity contribution is 0.568. The fourth-order valence-electron chi connectivity index (χ4n) is 5.39. The van der Waals surface area contributed by atoms with E-state index in [-0.39, 0.29) is 0 Å². The molecular weight excluding hydrogens is 482 g/mol. The number of furan rings is 1. The SMILES string of the molecule is c1ccc(-c2cc(-c3ccoc3)cc(-n3c4ccccc4c4ccc(-c5nc6ccccc6o5)cc43)c2)nc1. The largest absolute Gasteiger partial charge is 0.472 e. The summed E-state index contributed by atoms with van der Waals surface area (Å²) in [5.74, 6) is 0.608. The second-order valence-electron chi connectivity index (χ2n) is 9.57. The Kier molecular flexibility index (Phi) is 4.76. The second kappa shape index (κ2) is 8.57. The summed E-state index contributed by atoms with van der Waals surface area (Å²) in [5.41, 5.74) is 9.81. The predicted molar refractivity (Wildman–Crippen MR) is 155 cm³/mol. The fraction of sp³-hybridized carbons (Fsp3) is 0. The zero-order valence-corrected chi connectivity index (χ0v) is 20.8. The minimum absolute atomic E-state index is 0.608. The molecule has 0 aliphatic rings. The maximum absolute atomic E-state index is 6.13. The molecule has 0 unspecified atom stereocenters. The van der Waals surface area contributed by atoms with Crippen molar-refractivity contribution >= 4 is 32.9 Å². The molecule has 4 aromatic carbocycles. The molecule has 0 aliphatic heterocycles. The van der Waals surface area contributed by atoms with E-state index in [0.717, 1.165) is 55.8 Å². The first kappa shape index (κ1) is 21.6. The molecule has 8 aromatic rings. The lowest BCUT2D eigenvalue weighted by Gasteiger charge is -2.13. The molecule has 0 aliphatic carbocycles. The van der Waals surface area contributed by atoms with Crippen LogP contribution < -0.4 is 0 Å². The second-order valence-corrected chi connectivity index (χ2v) is 9.57. The van der Waals surface area contributed by atoms with Crippen molar-refractivity contribution in [2.45, 2.75) is 0 Å². The van der Waals surface area contributed by atoms with Gasteiger partial charge in [0.1, 0.15) is 5.52 Å². The molecule has 0 radical (unpaired) electrons. The Morgan fingerprint density at radius 2 is 1.46 bits per heavy atom. The molecule has 184 valence electrons. The van der Waals surface area contributed by atoms with Crippen LogP contribution in [0.4, 0.5) is 0 Å². The van der Waals surface area contributed by atoms with Gasteiger partial charge in [-0.2, -0.15) is 0 Å². The van der Waals surface area contributed by atoms with Crippen LogP contribution in [-0.2, 0) is 0 Å². The highest BCUT2D eigenvalue weighted by molar-refractivity contribution is 6.10. The molecule has 0 amide bonds. The van der Waals surface area contributed by atoms with Crippen LogP contribution >= 0.6 is 0 Å². The minimum atomic E-state index is 0.608. The van der Waals surface area contributed by atoms with Gasteiger partial charge in [-0.05, 0) is 72.3 Å². The standard InChI is InChI=1S/C34H21N3O2/c1-3-10-31-27(7-1)28-13-12-22(34-36-30-9-2-4-11-33(30)39-34)20-32(28)37(31)26-18-24(23-14-16-38-21-23)17-25(19-26)29-8-5-6-15-35-29/h1-21H. The Morgan fingerprint density at radius 3 is 2.33 bits per heavy atom. The Hall–Kier alpha value is -5.42. The summed E-state index contributed by atoms with van der Waals surface area (Å²) in [6.45, 7) is 0. The number of aromatic nitrogens is 3. The van der Waals surface area contributed by atoms with Crippen molar-refractivity contribution in [2.75, 3.05) is 0 Å². The normalized spacial score (nSPS) is 11.6.